The SMILES string of the molecule is NC(=O)C1CCN(C2CS(=O)(=O)CC2S(=O)(=O)c2cccs2)CC1. The minimum Gasteiger partial charge on any atom is -0.369 e. The molecule has 7 nitrogen and oxygen atoms in total. The molecule has 2 aliphatic heterocycles. The van der Waals surface area contributed by atoms with E-state index in [2.05, 4.69) is 0 Å². The van der Waals surface area contributed by atoms with Gasteiger partial charge in [-0.25, -0.2) is 16.8 Å². The highest BCUT2D eigenvalue weighted by molar-refractivity contribution is 7.97. The van der Waals surface area contributed by atoms with Gasteiger partial charge in [-0.3, -0.25) is 9.69 Å². The average molecular weight is 393 g/mol. The van der Waals surface area contributed by atoms with E-state index in [4.69, 9.17) is 5.73 Å². The van der Waals surface area contributed by atoms with Crippen molar-refractivity contribution in [3.63, 3.8) is 0 Å². The third-order valence-electron chi connectivity index (χ3n) is 4.85. The summed E-state index contributed by atoms with van der Waals surface area (Å²) in [5.41, 5.74) is 5.32. The molecule has 0 aliphatic carbocycles. The standard InChI is InChI=1S/C14H20N2O5S3/c15-14(17)10-3-5-16(6-4-10)11-8-23(18,19)9-12(11)24(20,21)13-2-1-7-22-13/h1-2,7,10-12H,3-6,8-9H2,(H2,15,17). The van der Waals surface area contributed by atoms with E-state index < -0.39 is 31.0 Å². The van der Waals surface area contributed by atoms with Crippen LogP contribution in [0.3, 0.4) is 0 Å². The number of hydrogen-bond acceptors (Lipinski definition) is 7. The number of nitrogens with two attached hydrogens (primary N) is 1. The lowest BCUT2D eigenvalue weighted by Crippen LogP contribution is -2.50. The molecule has 1 aromatic rings. The maximum atomic E-state index is 12.9. The van der Waals surface area contributed by atoms with E-state index in [1.165, 1.54) is 6.07 Å². The van der Waals surface area contributed by atoms with Crippen LogP contribution in [0, 0.1) is 5.92 Å². The molecule has 3 heterocycles. The summed E-state index contributed by atoms with van der Waals surface area (Å²) in [6.07, 6.45) is 1.08. The first-order valence-corrected chi connectivity index (χ1v) is 12.0. The number of nitrogens with zero attached hydrogens (tertiary/aromatic N) is 1. The number of thiophene rings is 1. The van der Waals surface area contributed by atoms with Gasteiger partial charge < -0.3 is 5.73 Å². The lowest BCUT2D eigenvalue weighted by Gasteiger charge is -2.36. The van der Waals surface area contributed by atoms with E-state index in [-0.39, 0.29) is 27.5 Å². The quantitative estimate of drug-likeness (QED) is 0.764. The second-order valence-electron chi connectivity index (χ2n) is 6.37. The Balaban J connectivity index is 1.85. The van der Waals surface area contributed by atoms with E-state index in [1.807, 2.05) is 4.90 Å². The predicted molar refractivity (Wildman–Crippen MR) is 91.2 cm³/mol. The molecule has 2 N–H and O–H groups in total. The first-order chi connectivity index (χ1) is 11.2. The fraction of sp³-hybridized carbons (Fsp3) is 0.643. The Hall–Kier alpha value is -0.970. The van der Waals surface area contributed by atoms with Crippen molar-refractivity contribution in [2.45, 2.75) is 28.3 Å². The zero-order chi connectivity index (χ0) is 17.5. The molecule has 24 heavy (non-hydrogen) atoms. The van der Waals surface area contributed by atoms with Crippen molar-refractivity contribution in [1.82, 2.24) is 4.90 Å². The summed E-state index contributed by atoms with van der Waals surface area (Å²) in [6.45, 7) is 0.981. The number of carbonyl (C=O) groups is 1. The molecule has 2 aliphatic rings. The molecule has 1 aromatic heterocycles. The summed E-state index contributed by atoms with van der Waals surface area (Å²) in [4.78, 5) is 13.2. The molecule has 0 aromatic carbocycles. The van der Waals surface area contributed by atoms with Crippen LogP contribution in [0.15, 0.2) is 21.7 Å². The van der Waals surface area contributed by atoms with Crippen molar-refractivity contribution in [3.8, 4) is 0 Å². The molecule has 0 saturated carbocycles. The predicted octanol–water partition coefficient (Wildman–Crippen LogP) is -0.115. The third-order valence-corrected chi connectivity index (χ3v) is 10.4. The highest BCUT2D eigenvalue weighted by Crippen LogP contribution is 2.32. The molecule has 0 bridgehead atoms. The van der Waals surface area contributed by atoms with E-state index in [9.17, 15) is 21.6 Å². The van der Waals surface area contributed by atoms with E-state index in [0.29, 0.717) is 25.9 Å². The van der Waals surface area contributed by atoms with Gasteiger partial charge >= 0.3 is 0 Å². The highest BCUT2D eigenvalue weighted by Gasteiger charge is 2.49. The summed E-state index contributed by atoms with van der Waals surface area (Å²) in [5, 5.41) is 0.718. The highest BCUT2D eigenvalue weighted by atomic mass is 32.2. The van der Waals surface area contributed by atoms with Crippen molar-refractivity contribution in [1.29, 1.82) is 0 Å². The van der Waals surface area contributed by atoms with Crippen LogP contribution in [0.1, 0.15) is 12.8 Å². The number of rotatable bonds is 4. The molecular weight excluding hydrogens is 372 g/mol. The van der Waals surface area contributed by atoms with E-state index in [0.717, 1.165) is 11.3 Å². The molecular formula is C14H20N2O5S3. The molecule has 2 unspecified atom stereocenters. The van der Waals surface area contributed by atoms with Gasteiger partial charge in [0.2, 0.25) is 5.91 Å². The number of amides is 1. The number of likely N-dealkylation sites (tertiary alicyclic amines) is 1. The summed E-state index contributed by atoms with van der Waals surface area (Å²) < 4.78 is 50.2. The smallest absolute Gasteiger partial charge is 0.220 e. The molecule has 0 spiro atoms. The largest absolute Gasteiger partial charge is 0.369 e. The number of carbonyl (C=O) groups excluding carboxylic acids is 1. The lowest BCUT2D eigenvalue weighted by molar-refractivity contribution is -0.123. The molecule has 10 heteroatoms. The minimum atomic E-state index is -3.69. The van der Waals surface area contributed by atoms with Gasteiger partial charge in [0.25, 0.3) is 0 Å². The monoisotopic (exact) mass is 392 g/mol. The molecule has 0 radical (unpaired) electrons. The number of hydrogen-bond donors (Lipinski definition) is 1. The van der Waals surface area contributed by atoms with Gasteiger partial charge in [-0.15, -0.1) is 11.3 Å². The third kappa shape index (κ3) is 3.37. The Kier molecular flexibility index (Phi) is 4.75. The fourth-order valence-electron chi connectivity index (χ4n) is 3.52. The Labute approximate surface area is 145 Å². The number of sulfone groups is 2. The normalized spacial score (nSPS) is 28.8. The Bertz CT molecular complexity index is 809. The lowest BCUT2D eigenvalue weighted by atomic mass is 9.95. The number of primary amides is 1. The van der Waals surface area contributed by atoms with Crippen LogP contribution in [0.5, 0.6) is 0 Å². The summed E-state index contributed by atoms with van der Waals surface area (Å²) in [6, 6.07) is 2.60. The zero-order valence-electron chi connectivity index (χ0n) is 13.0. The van der Waals surface area contributed by atoms with E-state index >= 15 is 0 Å². The maximum absolute atomic E-state index is 12.9. The summed E-state index contributed by atoms with van der Waals surface area (Å²) >= 11 is 1.11. The first-order valence-electron chi connectivity index (χ1n) is 7.72. The van der Waals surface area contributed by atoms with Gasteiger partial charge in [-0.1, -0.05) is 6.07 Å². The van der Waals surface area contributed by atoms with Crippen LogP contribution < -0.4 is 5.73 Å². The van der Waals surface area contributed by atoms with Crippen LogP contribution in [-0.4, -0.2) is 63.5 Å². The van der Waals surface area contributed by atoms with Crippen LogP contribution in [0.4, 0.5) is 0 Å². The van der Waals surface area contributed by atoms with Crippen molar-refractivity contribution < 1.29 is 21.6 Å². The average Bonchev–Trinajstić information content (AvgIpc) is 3.15. The van der Waals surface area contributed by atoms with Gasteiger partial charge in [0, 0.05) is 12.0 Å². The molecule has 1 amide bonds. The molecule has 2 fully saturated rings. The topological polar surface area (TPSA) is 115 Å². The zero-order valence-corrected chi connectivity index (χ0v) is 15.4. The van der Waals surface area contributed by atoms with Crippen LogP contribution in [-0.2, 0) is 24.5 Å². The number of piperidine rings is 1. The van der Waals surface area contributed by atoms with Crippen molar-refractivity contribution in [2.24, 2.45) is 11.7 Å². The van der Waals surface area contributed by atoms with Gasteiger partial charge in [-0.2, -0.15) is 0 Å². The fourth-order valence-corrected chi connectivity index (χ4v) is 9.58. The molecule has 3 rings (SSSR count). The first kappa shape index (κ1) is 17.8. The van der Waals surface area contributed by atoms with Gasteiger partial charge in [0.1, 0.15) is 4.21 Å². The Morgan fingerprint density at radius 2 is 1.92 bits per heavy atom. The Morgan fingerprint density at radius 1 is 1.25 bits per heavy atom. The van der Waals surface area contributed by atoms with Gasteiger partial charge in [-0.05, 0) is 37.4 Å². The summed E-state index contributed by atoms with van der Waals surface area (Å²) in [5.74, 6) is -1.06. The molecule has 2 saturated heterocycles. The second kappa shape index (κ2) is 6.40. The van der Waals surface area contributed by atoms with Crippen molar-refractivity contribution >= 4 is 36.9 Å². The summed E-state index contributed by atoms with van der Waals surface area (Å²) in [7, 11) is -7.09. The second-order valence-corrected chi connectivity index (χ2v) is 11.9. The van der Waals surface area contributed by atoms with Crippen LogP contribution in [0.2, 0.25) is 0 Å². The van der Waals surface area contributed by atoms with E-state index in [1.54, 1.807) is 11.4 Å². The maximum Gasteiger partial charge on any atom is 0.220 e. The van der Waals surface area contributed by atoms with Gasteiger partial charge in [0.05, 0.1) is 16.8 Å². The van der Waals surface area contributed by atoms with Crippen LogP contribution >= 0.6 is 11.3 Å². The molecule has 134 valence electrons. The van der Waals surface area contributed by atoms with Gasteiger partial charge in [0.15, 0.2) is 19.7 Å². The Morgan fingerprint density at radius 3 is 2.46 bits per heavy atom. The van der Waals surface area contributed by atoms with Crippen molar-refractivity contribution in [3.05, 3.63) is 17.5 Å². The molecule has 2 atom stereocenters. The minimum absolute atomic E-state index is 0.149. The van der Waals surface area contributed by atoms with Crippen LogP contribution in [0.25, 0.3) is 0 Å². The van der Waals surface area contributed by atoms with Crippen molar-refractivity contribution in [2.75, 3.05) is 24.6 Å².